The van der Waals surface area contributed by atoms with Crippen molar-refractivity contribution in [2.24, 2.45) is 5.92 Å². The molecule has 1 aliphatic heterocycles. The number of nitrogens with zero attached hydrogens (tertiary/aromatic N) is 1. The number of rotatable bonds is 6. The van der Waals surface area contributed by atoms with E-state index in [0.717, 1.165) is 37.8 Å². The Morgan fingerprint density at radius 3 is 2.79 bits per heavy atom. The second kappa shape index (κ2) is 9.19. The Morgan fingerprint density at radius 2 is 2.08 bits per heavy atom. The number of ether oxygens (including phenoxy) is 1. The van der Waals surface area contributed by atoms with E-state index in [4.69, 9.17) is 17.0 Å². The smallest absolute Gasteiger partial charge is 0.169 e. The normalized spacial score (nSPS) is 23.2. The van der Waals surface area contributed by atoms with Crippen LogP contribution in [0.1, 0.15) is 37.7 Å². The summed E-state index contributed by atoms with van der Waals surface area (Å²) in [6.45, 7) is 3.62. The zero-order valence-corrected chi connectivity index (χ0v) is 15.1. The molecule has 0 saturated carbocycles. The first-order valence-electron chi connectivity index (χ1n) is 9.14. The molecule has 3 rings (SSSR count). The van der Waals surface area contributed by atoms with E-state index in [-0.39, 0.29) is 0 Å². The van der Waals surface area contributed by atoms with Crippen LogP contribution in [-0.4, -0.2) is 35.8 Å². The van der Waals surface area contributed by atoms with Gasteiger partial charge < -0.3 is 15.0 Å². The molecule has 0 unspecified atom stereocenters. The van der Waals surface area contributed by atoms with Crippen LogP contribution in [0.25, 0.3) is 0 Å². The summed E-state index contributed by atoms with van der Waals surface area (Å²) in [6.07, 6.45) is 10.9. The summed E-state index contributed by atoms with van der Waals surface area (Å²) in [5.74, 6) is 0.696. The van der Waals surface area contributed by atoms with Gasteiger partial charge in [-0.3, -0.25) is 0 Å². The van der Waals surface area contributed by atoms with Crippen molar-refractivity contribution in [2.45, 2.75) is 44.8 Å². The van der Waals surface area contributed by atoms with Crippen molar-refractivity contribution in [1.29, 1.82) is 0 Å². The molecule has 3 nitrogen and oxygen atoms in total. The van der Waals surface area contributed by atoms with Gasteiger partial charge in [0.05, 0.1) is 6.10 Å². The Morgan fingerprint density at radius 1 is 1.21 bits per heavy atom. The van der Waals surface area contributed by atoms with Crippen LogP contribution in [0.4, 0.5) is 0 Å². The highest BCUT2D eigenvalue weighted by Gasteiger charge is 2.20. The molecule has 2 atom stereocenters. The van der Waals surface area contributed by atoms with E-state index in [2.05, 4.69) is 52.7 Å². The summed E-state index contributed by atoms with van der Waals surface area (Å²) < 4.78 is 5.70. The second-order valence-corrected chi connectivity index (χ2v) is 7.22. The molecule has 24 heavy (non-hydrogen) atoms. The maximum atomic E-state index is 5.72. The Bertz CT molecular complexity index is 540. The third-order valence-electron chi connectivity index (χ3n) is 4.86. The van der Waals surface area contributed by atoms with Gasteiger partial charge in [0.25, 0.3) is 0 Å². The van der Waals surface area contributed by atoms with E-state index in [9.17, 15) is 0 Å². The van der Waals surface area contributed by atoms with Gasteiger partial charge in [-0.05, 0) is 55.8 Å². The number of nitrogens with one attached hydrogen (secondary N) is 1. The predicted octanol–water partition coefficient (Wildman–Crippen LogP) is 3.90. The van der Waals surface area contributed by atoms with Crippen molar-refractivity contribution in [3.63, 3.8) is 0 Å². The third-order valence-corrected chi connectivity index (χ3v) is 5.27. The average molecular weight is 345 g/mol. The van der Waals surface area contributed by atoms with E-state index in [1.807, 2.05) is 0 Å². The van der Waals surface area contributed by atoms with Crippen LogP contribution in [0, 0.1) is 5.92 Å². The fraction of sp³-hybridized carbons (Fsp3) is 0.550. The molecule has 1 fully saturated rings. The first-order chi connectivity index (χ1) is 11.8. The number of hydrogen-bond acceptors (Lipinski definition) is 2. The topological polar surface area (TPSA) is 24.5 Å². The van der Waals surface area contributed by atoms with Crippen molar-refractivity contribution >= 4 is 17.3 Å². The monoisotopic (exact) mass is 344 g/mol. The minimum Gasteiger partial charge on any atom is -0.376 e. The summed E-state index contributed by atoms with van der Waals surface area (Å²) in [6, 6.07) is 10.6. The SMILES string of the molecule is S=C(NC[C@@H]1CCCO1)N(Cc1ccccc1)C[C@H]1CC=CCC1. The molecule has 4 heteroatoms. The van der Waals surface area contributed by atoms with Gasteiger partial charge in [-0.2, -0.15) is 0 Å². The van der Waals surface area contributed by atoms with Crippen molar-refractivity contribution in [1.82, 2.24) is 10.2 Å². The molecule has 1 aromatic carbocycles. The maximum Gasteiger partial charge on any atom is 0.169 e. The molecule has 1 N–H and O–H groups in total. The van der Waals surface area contributed by atoms with E-state index >= 15 is 0 Å². The van der Waals surface area contributed by atoms with Crippen molar-refractivity contribution < 1.29 is 4.74 Å². The van der Waals surface area contributed by atoms with Crippen LogP contribution >= 0.6 is 12.2 Å². The number of hydrogen-bond donors (Lipinski definition) is 1. The zero-order valence-electron chi connectivity index (χ0n) is 14.3. The molecule has 2 aliphatic rings. The largest absolute Gasteiger partial charge is 0.376 e. The van der Waals surface area contributed by atoms with Gasteiger partial charge in [0.2, 0.25) is 0 Å². The molecule has 1 saturated heterocycles. The van der Waals surface area contributed by atoms with Crippen LogP contribution in [0.3, 0.4) is 0 Å². The molecule has 0 bridgehead atoms. The minimum atomic E-state index is 0.319. The van der Waals surface area contributed by atoms with Gasteiger partial charge in [0.15, 0.2) is 5.11 Å². The lowest BCUT2D eigenvalue weighted by molar-refractivity contribution is 0.113. The number of allylic oxidation sites excluding steroid dienone is 2. The minimum absolute atomic E-state index is 0.319. The summed E-state index contributed by atoms with van der Waals surface area (Å²) in [5.41, 5.74) is 1.31. The summed E-state index contributed by atoms with van der Waals surface area (Å²) in [5, 5.41) is 4.31. The average Bonchev–Trinajstić information content (AvgIpc) is 3.14. The molecule has 0 aromatic heterocycles. The fourth-order valence-corrected chi connectivity index (χ4v) is 3.70. The molecule has 130 valence electrons. The summed E-state index contributed by atoms with van der Waals surface area (Å²) in [7, 11) is 0. The summed E-state index contributed by atoms with van der Waals surface area (Å²) >= 11 is 5.72. The first-order valence-corrected chi connectivity index (χ1v) is 9.55. The van der Waals surface area contributed by atoms with E-state index < -0.39 is 0 Å². The van der Waals surface area contributed by atoms with Crippen LogP contribution in [0.2, 0.25) is 0 Å². The molecule has 0 amide bonds. The highest BCUT2D eigenvalue weighted by molar-refractivity contribution is 7.80. The van der Waals surface area contributed by atoms with Crippen LogP contribution < -0.4 is 5.32 Å². The van der Waals surface area contributed by atoms with Gasteiger partial charge in [-0.1, -0.05) is 42.5 Å². The van der Waals surface area contributed by atoms with E-state index in [0.29, 0.717) is 12.0 Å². The Balaban J connectivity index is 1.58. The number of benzene rings is 1. The van der Waals surface area contributed by atoms with Crippen molar-refractivity contribution in [3.8, 4) is 0 Å². The van der Waals surface area contributed by atoms with Crippen LogP contribution in [-0.2, 0) is 11.3 Å². The van der Waals surface area contributed by atoms with Crippen molar-refractivity contribution in [3.05, 3.63) is 48.0 Å². The highest BCUT2D eigenvalue weighted by atomic mass is 32.1. The van der Waals surface area contributed by atoms with Gasteiger partial charge in [-0.15, -0.1) is 0 Å². The van der Waals surface area contributed by atoms with E-state index in [1.54, 1.807) is 0 Å². The summed E-state index contributed by atoms with van der Waals surface area (Å²) in [4.78, 5) is 2.34. The van der Waals surface area contributed by atoms with Crippen molar-refractivity contribution in [2.75, 3.05) is 19.7 Å². The van der Waals surface area contributed by atoms with Gasteiger partial charge in [0, 0.05) is 26.2 Å². The molecule has 0 spiro atoms. The standard InChI is InChI=1S/C20H28N2OS/c24-20(21-14-19-12-7-13-23-19)22(15-17-8-3-1-4-9-17)16-18-10-5-2-6-11-18/h1-5,8-9,18-19H,6-7,10-16H2,(H,21,24)/t18-,19-/m0/s1. The Kier molecular flexibility index (Phi) is 6.67. The molecule has 1 aliphatic carbocycles. The molecular weight excluding hydrogens is 316 g/mol. The Hall–Kier alpha value is -1.39. The maximum absolute atomic E-state index is 5.72. The molecule has 0 radical (unpaired) electrons. The van der Waals surface area contributed by atoms with Gasteiger partial charge >= 0.3 is 0 Å². The lowest BCUT2D eigenvalue weighted by Crippen LogP contribution is -2.44. The van der Waals surface area contributed by atoms with Crippen LogP contribution in [0.15, 0.2) is 42.5 Å². The van der Waals surface area contributed by atoms with Crippen LogP contribution in [0.5, 0.6) is 0 Å². The highest BCUT2D eigenvalue weighted by Crippen LogP contribution is 2.20. The van der Waals surface area contributed by atoms with Gasteiger partial charge in [0.1, 0.15) is 0 Å². The van der Waals surface area contributed by atoms with Gasteiger partial charge in [-0.25, -0.2) is 0 Å². The first kappa shape index (κ1) is 17.4. The molecular formula is C20H28N2OS. The second-order valence-electron chi connectivity index (χ2n) is 6.84. The predicted molar refractivity (Wildman–Crippen MR) is 103 cm³/mol. The zero-order chi connectivity index (χ0) is 16.6. The lowest BCUT2D eigenvalue weighted by atomic mass is 9.94. The Labute approximate surface area is 151 Å². The lowest BCUT2D eigenvalue weighted by Gasteiger charge is -2.31. The molecule has 1 heterocycles. The van der Waals surface area contributed by atoms with E-state index in [1.165, 1.54) is 31.2 Å². The fourth-order valence-electron chi connectivity index (χ4n) is 3.48. The third kappa shape index (κ3) is 5.32. The quantitative estimate of drug-likeness (QED) is 0.625. The molecule has 1 aromatic rings. The number of thiocarbonyl (C=S) groups is 1.